The smallest absolute Gasteiger partial charge is 0.332 e. The number of carboxylic acid groups (broad SMARTS) is 1. The van der Waals surface area contributed by atoms with Crippen molar-refractivity contribution >= 4 is 18.3 Å². The molecule has 0 aliphatic heterocycles. The normalized spacial score (nSPS) is 11.2. The molecule has 0 aliphatic rings. The van der Waals surface area contributed by atoms with Gasteiger partial charge in [0.15, 0.2) is 0 Å². The molecule has 1 N–H and O–H groups in total. The van der Waals surface area contributed by atoms with Crippen LogP contribution in [0.5, 0.6) is 0 Å². The van der Waals surface area contributed by atoms with Crippen LogP contribution in [-0.2, 0) is 9.59 Å². The number of furan rings is 1. The Morgan fingerprint density at radius 3 is 2.85 bits per heavy atom. The van der Waals surface area contributed by atoms with Crippen molar-refractivity contribution in [2.24, 2.45) is 0 Å². The first-order valence-corrected chi connectivity index (χ1v) is 3.65. The average molecular weight is 180 g/mol. The van der Waals surface area contributed by atoms with E-state index >= 15 is 0 Å². The maximum Gasteiger partial charge on any atom is 0.332 e. The molecule has 0 radical (unpaired) electrons. The van der Waals surface area contributed by atoms with Crippen LogP contribution in [0.15, 0.2) is 28.4 Å². The SMILES string of the molecule is O=CCC(=Cc1ccco1)C(=O)O. The van der Waals surface area contributed by atoms with Gasteiger partial charge in [0, 0.05) is 12.0 Å². The van der Waals surface area contributed by atoms with E-state index in [2.05, 4.69) is 0 Å². The van der Waals surface area contributed by atoms with E-state index in [1.54, 1.807) is 12.1 Å². The summed E-state index contributed by atoms with van der Waals surface area (Å²) in [7, 11) is 0. The Morgan fingerprint density at radius 1 is 1.62 bits per heavy atom. The molecule has 4 nitrogen and oxygen atoms in total. The van der Waals surface area contributed by atoms with Gasteiger partial charge in [0.1, 0.15) is 12.0 Å². The Hall–Kier alpha value is -1.84. The van der Waals surface area contributed by atoms with E-state index in [1.807, 2.05) is 0 Å². The summed E-state index contributed by atoms with van der Waals surface area (Å²) >= 11 is 0. The predicted octanol–water partition coefficient (Wildman–Crippen LogP) is 1.34. The summed E-state index contributed by atoms with van der Waals surface area (Å²) in [5, 5.41) is 8.63. The largest absolute Gasteiger partial charge is 0.478 e. The summed E-state index contributed by atoms with van der Waals surface area (Å²) in [5.74, 6) is -0.678. The van der Waals surface area contributed by atoms with Crippen LogP contribution in [0.2, 0.25) is 0 Å². The number of aldehydes is 1. The third-order valence-corrected chi connectivity index (χ3v) is 1.44. The highest BCUT2D eigenvalue weighted by molar-refractivity contribution is 5.94. The van der Waals surface area contributed by atoms with E-state index < -0.39 is 5.97 Å². The fraction of sp³-hybridized carbons (Fsp3) is 0.111. The Labute approximate surface area is 74.5 Å². The molecule has 0 amide bonds. The molecule has 0 atom stereocenters. The molecule has 0 spiro atoms. The van der Waals surface area contributed by atoms with E-state index in [0.717, 1.165) is 0 Å². The predicted molar refractivity (Wildman–Crippen MR) is 45.0 cm³/mol. The van der Waals surface area contributed by atoms with Crippen LogP contribution in [-0.4, -0.2) is 17.4 Å². The standard InChI is InChI=1S/C9H8O4/c10-4-3-7(9(11)12)6-8-2-1-5-13-8/h1-2,4-6H,3H2,(H,11,12). The molecule has 0 saturated heterocycles. The first kappa shape index (κ1) is 9.25. The minimum absolute atomic E-state index is 0.0185. The number of carbonyl (C=O) groups excluding carboxylic acids is 1. The van der Waals surface area contributed by atoms with Gasteiger partial charge >= 0.3 is 5.97 Å². The minimum Gasteiger partial charge on any atom is -0.478 e. The zero-order valence-electron chi connectivity index (χ0n) is 6.77. The van der Waals surface area contributed by atoms with Crippen molar-refractivity contribution < 1.29 is 19.1 Å². The number of aliphatic carboxylic acids is 1. The first-order valence-electron chi connectivity index (χ1n) is 3.65. The second kappa shape index (κ2) is 4.25. The molecule has 0 aromatic carbocycles. The quantitative estimate of drug-likeness (QED) is 0.560. The molecule has 0 fully saturated rings. The van der Waals surface area contributed by atoms with Crippen molar-refractivity contribution in [3.05, 3.63) is 29.7 Å². The van der Waals surface area contributed by atoms with E-state index in [4.69, 9.17) is 9.52 Å². The minimum atomic E-state index is -1.11. The maximum absolute atomic E-state index is 10.5. The number of hydrogen-bond donors (Lipinski definition) is 1. The highest BCUT2D eigenvalue weighted by Gasteiger charge is 2.06. The molecule has 4 heteroatoms. The maximum atomic E-state index is 10.5. The topological polar surface area (TPSA) is 67.5 Å². The summed E-state index contributed by atoms with van der Waals surface area (Å²) < 4.78 is 4.90. The van der Waals surface area contributed by atoms with Crippen LogP contribution in [0.3, 0.4) is 0 Å². The Bertz CT molecular complexity index is 321. The summed E-state index contributed by atoms with van der Waals surface area (Å²) in [6.07, 6.45) is 3.20. The Morgan fingerprint density at radius 2 is 2.38 bits per heavy atom. The van der Waals surface area contributed by atoms with E-state index in [0.29, 0.717) is 12.0 Å². The Balaban J connectivity index is 2.86. The van der Waals surface area contributed by atoms with Crippen molar-refractivity contribution in [3.8, 4) is 0 Å². The zero-order valence-corrected chi connectivity index (χ0v) is 6.77. The van der Waals surface area contributed by atoms with Crippen LogP contribution >= 0.6 is 0 Å². The molecular formula is C9H8O4. The highest BCUT2D eigenvalue weighted by Crippen LogP contribution is 2.09. The number of carboxylic acids is 1. The number of hydrogen-bond acceptors (Lipinski definition) is 3. The van der Waals surface area contributed by atoms with Gasteiger partial charge in [-0.15, -0.1) is 0 Å². The summed E-state index contributed by atoms with van der Waals surface area (Å²) in [5.41, 5.74) is 0.0185. The molecular weight excluding hydrogens is 172 g/mol. The Kier molecular flexibility index (Phi) is 3.03. The molecule has 13 heavy (non-hydrogen) atoms. The van der Waals surface area contributed by atoms with Crippen molar-refractivity contribution in [1.29, 1.82) is 0 Å². The summed E-state index contributed by atoms with van der Waals surface area (Å²) in [6.45, 7) is 0. The van der Waals surface area contributed by atoms with Crippen LogP contribution in [0.25, 0.3) is 6.08 Å². The van der Waals surface area contributed by atoms with Gasteiger partial charge in [-0.2, -0.15) is 0 Å². The van der Waals surface area contributed by atoms with Gasteiger partial charge < -0.3 is 14.3 Å². The van der Waals surface area contributed by atoms with Crippen molar-refractivity contribution in [2.75, 3.05) is 0 Å². The molecule has 68 valence electrons. The van der Waals surface area contributed by atoms with E-state index in [-0.39, 0.29) is 12.0 Å². The zero-order chi connectivity index (χ0) is 9.68. The second-order valence-corrected chi connectivity index (χ2v) is 2.36. The second-order valence-electron chi connectivity index (χ2n) is 2.36. The van der Waals surface area contributed by atoms with Crippen molar-refractivity contribution in [2.45, 2.75) is 6.42 Å². The van der Waals surface area contributed by atoms with Gasteiger partial charge in [-0.3, -0.25) is 0 Å². The molecule has 1 aromatic rings. The fourth-order valence-electron chi connectivity index (χ4n) is 0.843. The van der Waals surface area contributed by atoms with Crippen LogP contribution in [0, 0.1) is 0 Å². The van der Waals surface area contributed by atoms with Gasteiger partial charge in [0.05, 0.1) is 6.26 Å². The van der Waals surface area contributed by atoms with E-state index in [1.165, 1.54) is 12.3 Å². The van der Waals surface area contributed by atoms with Crippen molar-refractivity contribution in [1.82, 2.24) is 0 Å². The van der Waals surface area contributed by atoms with Crippen LogP contribution < -0.4 is 0 Å². The van der Waals surface area contributed by atoms with Crippen molar-refractivity contribution in [3.63, 3.8) is 0 Å². The molecule has 0 unspecified atom stereocenters. The van der Waals surface area contributed by atoms with Gasteiger partial charge in [-0.05, 0) is 18.2 Å². The lowest BCUT2D eigenvalue weighted by atomic mass is 10.2. The monoisotopic (exact) mass is 180 g/mol. The molecule has 1 rings (SSSR count). The van der Waals surface area contributed by atoms with Crippen LogP contribution in [0.1, 0.15) is 12.2 Å². The molecule has 0 aliphatic carbocycles. The van der Waals surface area contributed by atoms with Crippen LogP contribution in [0.4, 0.5) is 0 Å². The molecule has 0 bridgehead atoms. The average Bonchev–Trinajstić information content (AvgIpc) is 2.56. The van der Waals surface area contributed by atoms with Gasteiger partial charge in [0.2, 0.25) is 0 Å². The summed E-state index contributed by atoms with van der Waals surface area (Å²) in [6, 6.07) is 3.26. The number of rotatable bonds is 4. The van der Waals surface area contributed by atoms with Gasteiger partial charge in [-0.25, -0.2) is 4.79 Å². The fourth-order valence-corrected chi connectivity index (χ4v) is 0.843. The first-order chi connectivity index (χ1) is 6.24. The third-order valence-electron chi connectivity index (χ3n) is 1.44. The lowest BCUT2D eigenvalue weighted by molar-refractivity contribution is -0.133. The molecule has 0 saturated carbocycles. The molecule has 1 heterocycles. The van der Waals surface area contributed by atoms with E-state index in [9.17, 15) is 9.59 Å². The van der Waals surface area contributed by atoms with Gasteiger partial charge in [-0.1, -0.05) is 0 Å². The lowest BCUT2D eigenvalue weighted by Gasteiger charge is -1.93. The highest BCUT2D eigenvalue weighted by atomic mass is 16.4. The third kappa shape index (κ3) is 2.59. The summed E-state index contributed by atoms with van der Waals surface area (Å²) in [4.78, 5) is 20.7. The lowest BCUT2D eigenvalue weighted by Crippen LogP contribution is -2.00. The molecule has 1 aromatic heterocycles. The van der Waals surface area contributed by atoms with Gasteiger partial charge in [0.25, 0.3) is 0 Å². The number of carbonyl (C=O) groups is 2.